The van der Waals surface area contributed by atoms with Gasteiger partial charge in [-0.25, -0.2) is 0 Å². The van der Waals surface area contributed by atoms with E-state index in [4.69, 9.17) is 0 Å². The average Bonchev–Trinajstić information content (AvgIpc) is 3.34. The van der Waals surface area contributed by atoms with Crippen LogP contribution in [-0.2, 0) is 17.9 Å². The molecule has 0 unspecified atom stereocenters. The van der Waals surface area contributed by atoms with E-state index < -0.39 is 0 Å². The van der Waals surface area contributed by atoms with Crippen LogP contribution in [0.4, 0.5) is 5.69 Å². The maximum atomic E-state index is 12.9. The van der Waals surface area contributed by atoms with Crippen LogP contribution in [0.25, 0.3) is 11.1 Å². The molecule has 3 aromatic carbocycles. The minimum Gasteiger partial charge on any atom is -0.339 e. The maximum absolute atomic E-state index is 12.9. The summed E-state index contributed by atoms with van der Waals surface area (Å²) >= 11 is 0. The van der Waals surface area contributed by atoms with E-state index in [1.165, 1.54) is 29.2 Å². The second-order valence-electron chi connectivity index (χ2n) is 8.71. The lowest BCUT2D eigenvalue weighted by Gasteiger charge is -2.17. The lowest BCUT2D eigenvalue weighted by molar-refractivity contribution is -0.114. The van der Waals surface area contributed by atoms with E-state index >= 15 is 0 Å². The zero-order valence-electron chi connectivity index (χ0n) is 19.4. The van der Waals surface area contributed by atoms with Crippen molar-refractivity contribution in [3.05, 3.63) is 89.0 Å². The van der Waals surface area contributed by atoms with Gasteiger partial charge in [-0.15, -0.1) is 0 Å². The molecule has 2 amide bonds. The van der Waals surface area contributed by atoms with E-state index in [2.05, 4.69) is 66.1 Å². The number of aryl methyl sites for hydroxylation is 1. The fraction of sp³-hybridized carbons (Fsp3) is 0.286. The molecule has 5 nitrogen and oxygen atoms in total. The fourth-order valence-corrected chi connectivity index (χ4v) is 4.35. The molecule has 0 bridgehead atoms. The summed E-state index contributed by atoms with van der Waals surface area (Å²) in [6.07, 6.45) is 2.10. The molecule has 0 aliphatic carbocycles. The van der Waals surface area contributed by atoms with Gasteiger partial charge < -0.3 is 15.5 Å². The minimum absolute atomic E-state index is 0.0350. The number of nitrogens with zero attached hydrogens (tertiary/aromatic N) is 1. The zero-order chi connectivity index (χ0) is 23.2. The van der Waals surface area contributed by atoms with Gasteiger partial charge in [0.15, 0.2) is 0 Å². The molecule has 5 heteroatoms. The summed E-state index contributed by atoms with van der Waals surface area (Å²) in [4.78, 5) is 26.4. The van der Waals surface area contributed by atoms with Crippen molar-refractivity contribution in [1.29, 1.82) is 0 Å². The van der Waals surface area contributed by atoms with Gasteiger partial charge in [0.25, 0.3) is 5.91 Å². The summed E-state index contributed by atoms with van der Waals surface area (Å²) in [5.41, 5.74) is 7.18. The Morgan fingerprint density at radius 1 is 0.879 bits per heavy atom. The Morgan fingerprint density at radius 2 is 1.58 bits per heavy atom. The molecule has 0 atom stereocenters. The summed E-state index contributed by atoms with van der Waals surface area (Å²) in [7, 11) is 0. The van der Waals surface area contributed by atoms with E-state index in [1.807, 2.05) is 17.0 Å². The molecule has 1 aliphatic rings. The lowest BCUT2D eigenvalue weighted by Crippen LogP contribution is -2.28. The Bertz CT molecular complexity index is 1130. The van der Waals surface area contributed by atoms with E-state index in [0.29, 0.717) is 24.3 Å². The number of hydrogen-bond donors (Lipinski definition) is 2. The molecule has 3 aromatic rings. The van der Waals surface area contributed by atoms with Crippen molar-refractivity contribution in [2.45, 2.75) is 39.8 Å². The number of rotatable bonds is 7. The number of benzene rings is 3. The molecule has 0 saturated carbocycles. The Kier molecular flexibility index (Phi) is 7.20. The van der Waals surface area contributed by atoms with Crippen LogP contribution in [0.15, 0.2) is 66.7 Å². The average molecular weight is 442 g/mol. The molecule has 170 valence electrons. The topological polar surface area (TPSA) is 61.4 Å². The third-order valence-electron chi connectivity index (χ3n) is 6.02. The molecule has 1 saturated heterocycles. The molecule has 4 rings (SSSR count). The molecular weight excluding hydrogens is 410 g/mol. The molecule has 0 aromatic heterocycles. The van der Waals surface area contributed by atoms with Crippen LogP contribution in [0, 0.1) is 6.92 Å². The van der Waals surface area contributed by atoms with E-state index in [-0.39, 0.29) is 11.8 Å². The van der Waals surface area contributed by atoms with Crippen molar-refractivity contribution in [3.8, 4) is 11.1 Å². The molecule has 0 spiro atoms. The molecule has 33 heavy (non-hydrogen) atoms. The highest BCUT2D eigenvalue weighted by Crippen LogP contribution is 2.23. The minimum atomic E-state index is -0.145. The van der Waals surface area contributed by atoms with Gasteiger partial charge in [-0.3, -0.25) is 9.59 Å². The molecule has 0 radical (unpaired) electrons. The van der Waals surface area contributed by atoms with E-state index in [9.17, 15) is 9.59 Å². The Labute approximate surface area is 195 Å². The van der Waals surface area contributed by atoms with Gasteiger partial charge in [0.1, 0.15) is 0 Å². The molecule has 1 fully saturated rings. The van der Waals surface area contributed by atoms with Gasteiger partial charge >= 0.3 is 0 Å². The van der Waals surface area contributed by atoms with Crippen LogP contribution in [0.5, 0.6) is 0 Å². The highest BCUT2D eigenvalue weighted by Gasteiger charge is 2.20. The normalized spacial score (nSPS) is 13.2. The standard InChI is InChI=1S/C28H31N3O2/c1-20-7-3-4-8-27(20)24-11-9-22(10-12-24)18-29-19-23-15-25(17-26(16-23)30-21(2)32)28(33)31-13-5-6-14-31/h3-4,7-12,15-17,29H,5-6,13-14,18-19H2,1-2H3,(H,30,32). The summed E-state index contributed by atoms with van der Waals surface area (Å²) in [5.74, 6) is -0.110. The summed E-state index contributed by atoms with van der Waals surface area (Å²) in [6, 6.07) is 22.6. The Hall–Kier alpha value is -3.44. The van der Waals surface area contributed by atoms with Crippen molar-refractivity contribution >= 4 is 17.5 Å². The van der Waals surface area contributed by atoms with Gasteiger partial charge in [0, 0.05) is 44.4 Å². The van der Waals surface area contributed by atoms with Crippen LogP contribution < -0.4 is 10.6 Å². The number of hydrogen-bond acceptors (Lipinski definition) is 3. The zero-order valence-corrected chi connectivity index (χ0v) is 19.4. The second kappa shape index (κ2) is 10.5. The SMILES string of the molecule is CC(=O)Nc1cc(CNCc2ccc(-c3ccccc3C)cc2)cc(C(=O)N2CCCC2)c1. The Morgan fingerprint density at radius 3 is 2.27 bits per heavy atom. The first-order chi connectivity index (χ1) is 16.0. The van der Waals surface area contributed by atoms with Crippen molar-refractivity contribution in [2.75, 3.05) is 18.4 Å². The first kappa shape index (κ1) is 22.7. The fourth-order valence-electron chi connectivity index (χ4n) is 4.35. The summed E-state index contributed by atoms with van der Waals surface area (Å²) < 4.78 is 0. The lowest BCUT2D eigenvalue weighted by atomic mass is 9.99. The predicted molar refractivity (Wildman–Crippen MR) is 133 cm³/mol. The van der Waals surface area contributed by atoms with Crippen molar-refractivity contribution in [1.82, 2.24) is 10.2 Å². The number of anilines is 1. The maximum Gasteiger partial charge on any atom is 0.253 e. The number of nitrogens with one attached hydrogen (secondary N) is 2. The smallest absolute Gasteiger partial charge is 0.253 e. The third kappa shape index (κ3) is 5.88. The van der Waals surface area contributed by atoms with Crippen LogP contribution >= 0.6 is 0 Å². The number of amides is 2. The third-order valence-corrected chi connectivity index (χ3v) is 6.02. The van der Waals surface area contributed by atoms with Crippen molar-refractivity contribution in [2.24, 2.45) is 0 Å². The molecule has 1 heterocycles. The summed E-state index contributed by atoms with van der Waals surface area (Å²) in [6.45, 7) is 6.53. The monoisotopic (exact) mass is 441 g/mol. The van der Waals surface area contributed by atoms with Crippen molar-refractivity contribution < 1.29 is 9.59 Å². The van der Waals surface area contributed by atoms with Crippen LogP contribution in [-0.4, -0.2) is 29.8 Å². The predicted octanol–water partition coefficient (Wildman–Crippen LogP) is 5.15. The molecule has 1 aliphatic heterocycles. The number of likely N-dealkylation sites (tertiary alicyclic amines) is 1. The van der Waals surface area contributed by atoms with Gasteiger partial charge in [-0.2, -0.15) is 0 Å². The quantitative estimate of drug-likeness (QED) is 0.533. The first-order valence-corrected chi connectivity index (χ1v) is 11.6. The van der Waals surface area contributed by atoms with Gasteiger partial charge in [0.2, 0.25) is 5.91 Å². The summed E-state index contributed by atoms with van der Waals surface area (Å²) in [5, 5.41) is 6.30. The van der Waals surface area contributed by atoms with Crippen LogP contribution in [0.2, 0.25) is 0 Å². The van der Waals surface area contributed by atoms with Gasteiger partial charge in [-0.05, 0) is 65.8 Å². The Balaban J connectivity index is 1.42. The first-order valence-electron chi connectivity index (χ1n) is 11.6. The highest BCUT2D eigenvalue weighted by atomic mass is 16.2. The largest absolute Gasteiger partial charge is 0.339 e. The molecular formula is C28H31N3O2. The van der Waals surface area contributed by atoms with Gasteiger partial charge in [0.05, 0.1) is 0 Å². The number of carbonyl (C=O) groups excluding carboxylic acids is 2. The molecule has 2 N–H and O–H groups in total. The van der Waals surface area contributed by atoms with Crippen molar-refractivity contribution in [3.63, 3.8) is 0 Å². The van der Waals surface area contributed by atoms with Gasteiger partial charge in [-0.1, -0.05) is 48.5 Å². The van der Waals surface area contributed by atoms with Crippen LogP contribution in [0.1, 0.15) is 46.8 Å². The highest BCUT2D eigenvalue weighted by molar-refractivity contribution is 5.97. The van der Waals surface area contributed by atoms with E-state index in [0.717, 1.165) is 31.5 Å². The van der Waals surface area contributed by atoms with E-state index in [1.54, 1.807) is 6.07 Å². The second-order valence-corrected chi connectivity index (χ2v) is 8.71. The number of carbonyl (C=O) groups is 2. The van der Waals surface area contributed by atoms with Crippen LogP contribution in [0.3, 0.4) is 0 Å².